The first-order chi connectivity index (χ1) is 6.73. The Labute approximate surface area is 79.8 Å². The van der Waals surface area contributed by atoms with Crippen LogP contribution in [-0.2, 0) is 5.60 Å². The summed E-state index contributed by atoms with van der Waals surface area (Å²) in [6.45, 7) is 0. The van der Waals surface area contributed by atoms with E-state index in [2.05, 4.69) is 4.98 Å². The van der Waals surface area contributed by atoms with Crippen molar-refractivity contribution in [1.82, 2.24) is 4.98 Å². The molecule has 2 heterocycles. The van der Waals surface area contributed by atoms with E-state index in [1.54, 1.807) is 18.3 Å². The zero-order valence-corrected chi connectivity index (χ0v) is 7.14. The van der Waals surface area contributed by atoms with E-state index < -0.39 is 5.60 Å². The van der Waals surface area contributed by atoms with Gasteiger partial charge in [-0.15, -0.1) is 0 Å². The Balaban J connectivity index is 2.29. The summed E-state index contributed by atoms with van der Waals surface area (Å²) >= 11 is 0. The quantitative estimate of drug-likeness (QED) is 0.639. The first kappa shape index (κ1) is 7.58. The van der Waals surface area contributed by atoms with Crippen LogP contribution in [0.3, 0.4) is 0 Å². The van der Waals surface area contributed by atoms with Crippen LogP contribution in [0.2, 0.25) is 0 Å². The summed E-state index contributed by atoms with van der Waals surface area (Å²) in [5, 5.41) is 19.8. The van der Waals surface area contributed by atoms with E-state index in [0.29, 0.717) is 17.1 Å². The van der Waals surface area contributed by atoms with Gasteiger partial charge in [-0.25, -0.2) is 0 Å². The SMILES string of the molecule is OC1=CC=C2Oc3cnccc3C12O. The molecular weight excluding hydrogens is 182 g/mol. The van der Waals surface area contributed by atoms with Crippen molar-refractivity contribution >= 4 is 0 Å². The van der Waals surface area contributed by atoms with E-state index in [9.17, 15) is 10.2 Å². The molecule has 3 rings (SSSR count). The lowest BCUT2D eigenvalue weighted by Crippen LogP contribution is -2.25. The van der Waals surface area contributed by atoms with Crippen LogP contribution in [0.25, 0.3) is 0 Å². The molecular formula is C10H7NO3. The van der Waals surface area contributed by atoms with Gasteiger partial charge in [0.2, 0.25) is 5.60 Å². The van der Waals surface area contributed by atoms with Crippen molar-refractivity contribution in [2.75, 3.05) is 0 Å². The Morgan fingerprint density at radius 1 is 1.36 bits per heavy atom. The number of aromatic nitrogens is 1. The van der Waals surface area contributed by atoms with E-state index in [-0.39, 0.29) is 5.76 Å². The van der Waals surface area contributed by atoms with Crippen molar-refractivity contribution in [3.63, 3.8) is 0 Å². The molecule has 4 heteroatoms. The van der Waals surface area contributed by atoms with Crippen LogP contribution in [0.1, 0.15) is 5.56 Å². The minimum atomic E-state index is -1.49. The summed E-state index contributed by atoms with van der Waals surface area (Å²) in [6, 6.07) is 1.63. The summed E-state index contributed by atoms with van der Waals surface area (Å²) < 4.78 is 5.34. The number of hydrogen-bond acceptors (Lipinski definition) is 4. The van der Waals surface area contributed by atoms with Gasteiger partial charge in [0.25, 0.3) is 0 Å². The number of aliphatic hydroxyl groups is 2. The number of hydrogen-bond donors (Lipinski definition) is 2. The molecule has 2 aliphatic rings. The van der Waals surface area contributed by atoms with E-state index in [0.717, 1.165) is 0 Å². The van der Waals surface area contributed by atoms with Gasteiger partial charge < -0.3 is 14.9 Å². The maximum Gasteiger partial charge on any atom is 0.208 e. The maximum absolute atomic E-state index is 10.2. The minimum absolute atomic E-state index is 0.113. The predicted octanol–water partition coefficient (Wildman–Crippen LogP) is 1.00. The van der Waals surface area contributed by atoms with Crippen LogP contribution >= 0.6 is 0 Å². The van der Waals surface area contributed by atoms with Crippen molar-refractivity contribution in [2.24, 2.45) is 0 Å². The summed E-state index contributed by atoms with van der Waals surface area (Å²) in [6.07, 6.45) is 6.04. The molecule has 1 atom stereocenters. The Hall–Kier alpha value is -1.81. The summed E-state index contributed by atoms with van der Waals surface area (Å²) in [4.78, 5) is 3.88. The molecule has 1 unspecified atom stereocenters. The Morgan fingerprint density at radius 3 is 3.07 bits per heavy atom. The van der Waals surface area contributed by atoms with Crippen LogP contribution < -0.4 is 4.74 Å². The normalized spacial score (nSPS) is 27.5. The number of fused-ring (bicyclic) bond motifs is 3. The van der Waals surface area contributed by atoms with Crippen molar-refractivity contribution in [1.29, 1.82) is 0 Å². The number of nitrogens with zero attached hydrogens (tertiary/aromatic N) is 1. The average molecular weight is 189 g/mol. The van der Waals surface area contributed by atoms with Gasteiger partial charge in [-0.3, -0.25) is 4.98 Å². The highest BCUT2D eigenvalue weighted by Gasteiger charge is 2.49. The zero-order valence-electron chi connectivity index (χ0n) is 7.14. The average Bonchev–Trinajstić information content (AvgIpc) is 2.63. The second-order valence-electron chi connectivity index (χ2n) is 3.27. The topological polar surface area (TPSA) is 62.6 Å². The van der Waals surface area contributed by atoms with Gasteiger partial charge in [0.1, 0.15) is 11.5 Å². The molecule has 14 heavy (non-hydrogen) atoms. The Kier molecular flexibility index (Phi) is 1.17. The molecule has 0 radical (unpaired) electrons. The Morgan fingerprint density at radius 2 is 2.21 bits per heavy atom. The lowest BCUT2D eigenvalue weighted by atomic mass is 9.95. The second-order valence-corrected chi connectivity index (χ2v) is 3.27. The number of pyridine rings is 1. The van der Waals surface area contributed by atoms with E-state index in [1.165, 1.54) is 12.3 Å². The number of allylic oxidation sites excluding steroid dienone is 2. The summed E-state index contributed by atoms with van der Waals surface area (Å²) in [5.74, 6) is 0.705. The largest absolute Gasteiger partial charge is 0.508 e. The fraction of sp³-hybridized carbons (Fsp3) is 0.100. The molecule has 1 aliphatic heterocycles. The third-order valence-corrected chi connectivity index (χ3v) is 2.51. The maximum atomic E-state index is 10.2. The highest BCUT2D eigenvalue weighted by Crippen LogP contribution is 2.49. The van der Waals surface area contributed by atoms with E-state index >= 15 is 0 Å². The third kappa shape index (κ3) is 0.657. The summed E-state index contributed by atoms with van der Waals surface area (Å²) in [5.41, 5.74) is -0.955. The molecule has 1 aliphatic carbocycles. The van der Waals surface area contributed by atoms with Crippen LogP contribution in [0, 0.1) is 0 Å². The number of aliphatic hydroxyl groups excluding tert-OH is 1. The van der Waals surface area contributed by atoms with Crippen LogP contribution in [0.5, 0.6) is 5.75 Å². The second kappa shape index (κ2) is 2.16. The zero-order chi connectivity index (χ0) is 9.76. The van der Waals surface area contributed by atoms with Gasteiger partial charge in [0.15, 0.2) is 5.75 Å². The number of rotatable bonds is 0. The highest BCUT2D eigenvalue weighted by atomic mass is 16.5. The third-order valence-electron chi connectivity index (χ3n) is 2.51. The van der Waals surface area contributed by atoms with Gasteiger partial charge in [0.05, 0.1) is 6.20 Å². The summed E-state index contributed by atoms with van der Waals surface area (Å²) in [7, 11) is 0. The van der Waals surface area contributed by atoms with Crippen LogP contribution in [0.4, 0.5) is 0 Å². The molecule has 0 amide bonds. The van der Waals surface area contributed by atoms with E-state index in [4.69, 9.17) is 4.74 Å². The molecule has 1 aromatic heterocycles. The van der Waals surface area contributed by atoms with Gasteiger partial charge in [-0.2, -0.15) is 0 Å². The molecule has 0 spiro atoms. The fourth-order valence-electron chi connectivity index (χ4n) is 1.78. The molecule has 70 valence electrons. The molecule has 0 saturated carbocycles. The highest BCUT2D eigenvalue weighted by molar-refractivity contribution is 5.55. The van der Waals surface area contributed by atoms with Crippen molar-refractivity contribution in [2.45, 2.75) is 5.60 Å². The first-order valence-electron chi connectivity index (χ1n) is 4.19. The molecule has 0 saturated heterocycles. The predicted molar refractivity (Wildman–Crippen MR) is 47.6 cm³/mol. The van der Waals surface area contributed by atoms with E-state index in [1.807, 2.05) is 0 Å². The van der Waals surface area contributed by atoms with Crippen molar-refractivity contribution in [3.8, 4) is 5.75 Å². The smallest absolute Gasteiger partial charge is 0.208 e. The molecule has 0 fully saturated rings. The monoisotopic (exact) mass is 189 g/mol. The van der Waals surface area contributed by atoms with Crippen molar-refractivity contribution < 1.29 is 14.9 Å². The molecule has 0 aromatic carbocycles. The first-order valence-corrected chi connectivity index (χ1v) is 4.19. The standard InChI is InChI=1S/C10H7NO3/c12-8-1-2-9-10(8,13)6-3-4-11-5-7(6)14-9/h1-5,12-13H. The molecule has 4 nitrogen and oxygen atoms in total. The Bertz CT molecular complexity index is 478. The van der Waals surface area contributed by atoms with Crippen LogP contribution in [-0.4, -0.2) is 15.2 Å². The lowest BCUT2D eigenvalue weighted by Gasteiger charge is -2.17. The molecule has 2 N–H and O–H groups in total. The van der Waals surface area contributed by atoms with Gasteiger partial charge in [0, 0.05) is 11.8 Å². The molecule has 1 aromatic rings. The van der Waals surface area contributed by atoms with Gasteiger partial charge in [-0.1, -0.05) is 0 Å². The van der Waals surface area contributed by atoms with Crippen LogP contribution in [0.15, 0.2) is 42.1 Å². The lowest BCUT2D eigenvalue weighted by molar-refractivity contribution is 0.0583. The fourth-order valence-corrected chi connectivity index (χ4v) is 1.78. The minimum Gasteiger partial charge on any atom is -0.508 e. The van der Waals surface area contributed by atoms with Gasteiger partial charge in [-0.05, 0) is 18.2 Å². The molecule has 0 bridgehead atoms. The van der Waals surface area contributed by atoms with Gasteiger partial charge >= 0.3 is 0 Å². The van der Waals surface area contributed by atoms with Crippen molar-refractivity contribution in [3.05, 3.63) is 47.7 Å². The number of ether oxygens (including phenoxy) is 1.